The third kappa shape index (κ3) is 6.22. The predicted molar refractivity (Wildman–Crippen MR) is 75.9 cm³/mol. The lowest BCUT2D eigenvalue weighted by Crippen LogP contribution is -2.27. The number of carbonyl (C=O) groups is 2. The van der Waals surface area contributed by atoms with Crippen molar-refractivity contribution < 1.29 is 19.4 Å². The standard InChI is InChI=1S/C15H21NO4/c1-11(2)12-3-5-13(6-4-12)20-10-8-14(17)16-9-7-15(18)19/h3-6,11H,7-10H2,1-2H3,(H,16,17)(H,18,19). The van der Waals surface area contributed by atoms with E-state index in [-0.39, 0.29) is 31.9 Å². The molecule has 0 saturated heterocycles. The van der Waals surface area contributed by atoms with Gasteiger partial charge in [0.1, 0.15) is 5.75 Å². The van der Waals surface area contributed by atoms with E-state index in [9.17, 15) is 9.59 Å². The molecule has 0 aliphatic carbocycles. The first-order valence-corrected chi connectivity index (χ1v) is 6.70. The predicted octanol–water partition coefficient (Wildman–Crippen LogP) is 2.17. The highest BCUT2D eigenvalue weighted by Crippen LogP contribution is 2.18. The number of aliphatic carboxylic acids is 1. The second-order valence-electron chi connectivity index (χ2n) is 4.82. The minimum absolute atomic E-state index is 0.0662. The number of carbonyl (C=O) groups excluding carboxylic acids is 1. The molecule has 0 aliphatic rings. The van der Waals surface area contributed by atoms with Crippen LogP contribution in [0.1, 0.15) is 38.2 Å². The van der Waals surface area contributed by atoms with E-state index in [1.54, 1.807) is 0 Å². The Kier molecular flexibility index (Phi) is 6.56. The molecule has 0 bridgehead atoms. The van der Waals surface area contributed by atoms with Crippen molar-refractivity contribution in [2.45, 2.75) is 32.6 Å². The number of hydrogen-bond acceptors (Lipinski definition) is 3. The number of amides is 1. The number of ether oxygens (including phenoxy) is 1. The number of rotatable bonds is 8. The summed E-state index contributed by atoms with van der Waals surface area (Å²) in [4.78, 5) is 21.7. The first kappa shape index (κ1) is 16.0. The molecule has 0 aromatic heterocycles. The van der Waals surface area contributed by atoms with Gasteiger partial charge in [-0.05, 0) is 23.6 Å². The molecule has 0 fully saturated rings. The van der Waals surface area contributed by atoms with E-state index in [2.05, 4.69) is 19.2 Å². The molecule has 5 nitrogen and oxygen atoms in total. The van der Waals surface area contributed by atoms with Crippen molar-refractivity contribution in [2.24, 2.45) is 0 Å². The third-order valence-electron chi connectivity index (χ3n) is 2.81. The topological polar surface area (TPSA) is 75.6 Å². The maximum Gasteiger partial charge on any atom is 0.305 e. The number of carboxylic acid groups (broad SMARTS) is 1. The average Bonchev–Trinajstić information content (AvgIpc) is 2.39. The quantitative estimate of drug-likeness (QED) is 0.764. The van der Waals surface area contributed by atoms with Crippen LogP contribution in [0.15, 0.2) is 24.3 Å². The van der Waals surface area contributed by atoms with Crippen molar-refractivity contribution in [3.8, 4) is 5.75 Å². The fourth-order valence-corrected chi connectivity index (χ4v) is 1.61. The highest BCUT2D eigenvalue weighted by atomic mass is 16.5. The zero-order chi connectivity index (χ0) is 15.0. The minimum Gasteiger partial charge on any atom is -0.493 e. The Morgan fingerprint density at radius 2 is 1.85 bits per heavy atom. The Bertz CT molecular complexity index is 440. The lowest BCUT2D eigenvalue weighted by atomic mass is 10.0. The molecule has 0 saturated carbocycles. The van der Waals surface area contributed by atoms with Crippen molar-refractivity contribution in [2.75, 3.05) is 13.2 Å². The van der Waals surface area contributed by atoms with Crippen LogP contribution < -0.4 is 10.1 Å². The molecule has 5 heteroatoms. The summed E-state index contributed by atoms with van der Waals surface area (Å²) in [7, 11) is 0. The Balaban J connectivity index is 2.23. The zero-order valence-electron chi connectivity index (χ0n) is 11.9. The number of hydrogen-bond donors (Lipinski definition) is 2. The Hall–Kier alpha value is -2.04. The maximum atomic E-state index is 11.4. The summed E-state index contributed by atoms with van der Waals surface area (Å²) < 4.78 is 5.46. The van der Waals surface area contributed by atoms with E-state index in [4.69, 9.17) is 9.84 Å². The van der Waals surface area contributed by atoms with Crippen molar-refractivity contribution in [3.05, 3.63) is 29.8 Å². The monoisotopic (exact) mass is 279 g/mol. The van der Waals surface area contributed by atoms with Crippen LogP contribution in [0.3, 0.4) is 0 Å². The normalized spacial score (nSPS) is 10.3. The molecule has 0 atom stereocenters. The van der Waals surface area contributed by atoms with Gasteiger partial charge in [-0.25, -0.2) is 0 Å². The van der Waals surface area contributed by atoms with Gasteiger partial charge in [0.2, 0.25) is 5.91 Å². The van der Waals surface area contributed by atoms with Crippen LogP contribution in [0.2, 0.25) is 0 Å². The molecule has 1 amide bonds. The molecule has 1 rings (SSSR count). The second-order valence-corrected chi connectivity index (χ2v) is 4.82. The molecule has 0 radical (unpaired) electrons. The molecule has 2 N–H and O–H groups in total. The molecule has 0 unspecified atom stereocenters. The van der Waals surface area contributed by atoms with Crippen LogP contribution in [0, 0.1) is 0 Å². The summed E-state index contributed by atoms with van der Waals surface area (Å²) in [5, 5.41) is 11.0. The van der Waals surface area contributed by atoms with Crippen molar-refractivity contribution in [1.82, 2.24) is 5.32 Å². The summed E-state index contributed by atoms with van der Waals surface area (Å²) in [5.41, 5.74) is 1.24. The van der Waals surface area contributed by atoms with Crippen LogP contribution in [-0.4, -0.2) is 30.1 Å². The summed E-state index contributed by atoms with van der Waals surface area (Å²) in [6.07, 6.45) is 0.148. The largest absolute Gasteiger partial charge is 0.493 e. The Morgan fingerprint density at radius 1 is 1.20 bits per heavy atom. The van der Waals surface area contributed by atoms with Crippen molar-refractivity contribution in [3.63, 3.8) is 0 Å². The van der Waals surface area contributed by atoms with Gasteiger partial charge in [-0.15, -0.1) is 0 Å². The van der Waals surface area contributed by atoms with E-state index >= 15 is 0 Å². The van der Waals surface area contributed by atoms with Crippen LogP contribution in [0.4, 0.5) is 0 Å². The van der Waals surface area contributed by atoms with Gasteiger partial charge in [0.25, 0.3) is 0 Å². The van der Waals surface area contributed by atoms with Crippen molar-refractivity contribution >= 4 is 11.9 Å². The summed E-state index contributed by atoms with van der Waals surface area (Å²) >= 11 is 0. The molecule has 0 spiro atoms. The lowest BCUT2D eigenvalue weighted by Gasteiger charge is -2.09. The molecule has 0 heterocycles. The molecule has 20 heavy (non-hydrogen) atoms. The number of benzene rings is 1. The zero-order valence-corrected chi connectivity index (χ0v) is 11.9. The Morgan fingerprint density at radius 3 is 2.40 bits per heavy atom. The van der Waals surface area contributed by atoms with Gasteiger partial charge < -0.3 is 15.2 Å². The SMILES string of the molecule is CC(C)c1ccc(OCCC(=O)NCCC(=O)O)cc1. The van der Waals surface area contributed by atoms with Crippen LogP contribution in [-0.2, 0) is 9.59 Å². The first-order valence-electron chi connectivity index (χ1n) is 6.70. The fraction of sp³-hybridized carbons (Fsp3) is 0.467. The summed E-state index contributed by atoms with van der Waals surface area (Å²) in [6.45, 7) is 4.67. The van der Waals surface area contributed by atoms with Crippen LogP contribution in [0.5, 0.6) is 5.75 Å². The van der Waals surface area contributed by atoms with E-state index in [0.29, 0.717) is 5.92 Å². The highest BCUT2D eigenvalue weighted by Gasteiger charge is 2.04. The van der Waals surface area contributed by atoms with E-state index in [1.807, 2.05) is 24.3 Å². The van der Waals surface area contributed by atoms with Crippen LogP contribution >= 0.6 is 0 Å². The fourth-order valence-electron chi connectivity index (χ4n) is 1.61. The average molecular weight is 279 g/mol. The summed E-state index contributed by atoms with van der Waals surface area (Å²) in [5.74, 6) is 0.0774. The maximum absolute atomic E-state index is 11.4. The highest BCUT2D eigenvalue weighted by molar-refractivity contribution is 5.76. The van der Waals surface area contributed by atoms with Gasteiger partial charge in [0.15, 0.2) is 0 Å². The number of carboxylic acids is 1. The van der Waals surface area contributed by atoms with Gasteiger partial charge in [-0.2, -0.15) is 0 Å². The smallest absolute Gasteiger partial charge is 0.305 e. The Labute approximate surface area is 118 Å². The van der Waals surface area contributed by atoms with Crippen LogP contribution in [0.25, 0.3) is 0 Å². The molecule has 0 aliphatic heterocycles. The lowest BCUT2D eigenvalue weighted by molar-refractivity contribution is -0.136. The van der Waals surface area contributed by atoms with E-state index < -0.39 is 5.97 Å². The summed E-state index contributed by atoms with van der Waals surface area (Å²) in [6, 6.07) is 7.79. The minimum atomic E-state index is -0.924. The van der Waals surface area contributed by atoms with E-state index in [1.165, 1.54) is 5.56 Å². The van der Waals surface area contributed by atoms with Gasteiger partial charge >= 0.3 is 5.97 Å². The number of nitrogens with one attached hydrogen (secondary N) is 1. The third-order valence-corrected chi connectivity index (χ3v) is 2.81. The first-order chi connectivity index (χ1) is 9.49. The van der Waals surface area contributed by atoms with E-state index in [0.717, 1.165) is 5.75 Å². The molecular formula is C15H21NO4. The molecule has 110 valence electrons. The molecule has 1 aromatic rings. The van der Waals surface area contributed by atoms with Gasteiger partial charge in [0.05, 0.1) is 19.4 Å². The van der Waals surface area contributed by atoms with Gasteiger partial charge in [-0.3, -0.25) is 9.59 Å². The molecular weight excluding hydrogens is 258 g/mol. The van der Waals surface area contributed by atoms with Gasteiger partial charge in [-0.1, -0.05) is 26.0 Å². The molecule has 1 aromatic carbocycles. The second kappa shape index (κ2) is 8.19. The van der Waals surface area contributed by atoms with Crippen molar-refractivity contribution in [1.29, 1.82) is 0 Å². The van der Waals surface area contributed by atoms with Gasteiger partial charge in [0, 0.05) is 6.54 Å².